The van der Waals surface area contributed by atoms with E-state index in [1.165, 1.54) is 11.1 Å². The van der Waals surface area contributed by atoms with E-state index in [1.54, 1.807) is 0 Å². The Labute approximate surface area is 166 Å². The van der Waals surface area contributed by atoms with Crippen molar-refractivity contribution in [2.45, 2.75) is 38.1 Å². The molecule has 0 radical (unpaired) electrons. The van der Waals surface area contributed by atoms with E-state index in [0.29, 0.717) is 5.92 Å². The van der Waals surface area contributed by atoms with Gasteiger partial charge in [-0.15, -0.1) is 0 Å². The average molecular weight is 381 g/mol. The fourth-order valence-electron chi connectivity index (χ4n) is 4.24. The third-order valence-electron chi connectivity index (χ3n) is 5.81. The van der Waals surface area contributed by atoms with Gasteiger partial charge in [-0.2, -0.15) is 0 Å². The summed E-state index contributed by atoms with van der Waals surface area (Å²) in [5, 5.41) is 3.97. The zero-order chi connectivity index (χ0) is 18.8. The summed E-state index contributed by atoms with van der Waals surface area (Å²) in [5.74, 6) is 0.791. The van der Waals surface area contributed by atoms with Crippen LogP contribution in [-0.4, -0.2) is 17.9 Å². The molecule has 1 aliphatic carbocycles. The zero-order valence-electron chi connectivity index (χ0n) is 15.6. The van der Waals surface area contributed by atoms with Gasteiger partial charge in [0.05, 0.1) is 0 Å². The maximum absolute atomic E-state index is 12.8. The molecule has 2 aliphatic rings. The lowest BCUT2D eigenvalue weighted by molar-refractivity contribution is -0.120. The number of carbonyl (C=O) groups excluding carboxylic acids is 1. The summed E-state index contributed by atoms with van der Waals surface area (Å²) in [6.45, 7) is 0.877. The lowest BCUT2D eigenvalue weighted by atomic mass is 9.78. The van der Waals surface area contributed by atoms with Gasteiger partial charge >= 0.3 is 0 Å². The number of hydrogen-bond donors (Lipinski definition) is 1. The predicted octanol–water partition coefficient (Wildman–Crippen LogP) is 5.67. The molecule has 4 heteroatoms. The zero-order valence-corrected chi connectivity index (χ0v) is 16.4. The molecule has 2 aromatic carbocycles. The second kappa shape index (κ2) is 7.77. The summed E-state index contributed by atoms with van der Waals surface area (Å²) >= 11 is 5.99. The highest BCUT2D eigenvalue weighted by molar-refractivity contribution is 6.30. The molecule has 1 amide bonds. The van der Waals surface area contributed by atoms with Crippen LogP contribution in [0.1, 0.15) is 48.3 Å². The highest BCUT2D eigenvalue weighted by atomic mass is 35.5. The van der Waals surface area contributed by atoms with Crippen molar-refractivity contribution >= 4 is 29.3 Å². The minimum atomic E-state index is 0.0969. The van der Waals surface area contributed by atoms with Crippen LogP contribution in [0.5, 0.6) is 0 Å². The molecule has 0 aromatic heterocycles. The minimum absolute atomic E-state index is 0.0969. The van der Waals surface area contributed by atoms with Crippen LogP contribution >= 0.6 is 11.6 Å². The Kier molecular flexibility index (Phi) is 5.22. The van der Waals surface area contributed by atoms with Gasteiger partial charge in [-0.05, 0) is 73.2 Å². The van der Waals surface area contributed by atoms with E-state index in [1.807, 2.05) is 24.3 Å². The molecule has 1 fully saturated rings. The molecule has 0 atom stereocenters. The molecule has 3 nitrogen and oxygen atoms in total. The summed E-state index contributed by atoms with van der Waals surface area (Å²) in [6.07, 6.45) is 8.13. The molecule has 0 spiro atoms. The van der Waals surface area contributed by atoms with Crippen molar-refractivity contribution in [1.29, 1.82) is 0 Å². The number of fused-ring (bicyclic) bond motifs is 1. The Morgan fingerprint density at radius 1 is 1.07 bits per heavy atom. The molecule has 1 saturated carbocycles. The van der Waals surface area contributed by atoms with Crippen molar-refractivity contribution in [3.8, 4) is 0 Å². The third kappa shape index (κ3) is 4.03. The summed E-state index contributed by atoms with van der Waals surface area (Å²) in [6, 6.07) is 14.3. The van der Waals surface area contributed by atoms with Crippen molar-refractivity contribution < 1.29 is 4.79 Å². The highest BCUT2D eigenvalue weighted by Crippen LogP contribution is 2.37. The van der Waals surface area contributed by atoms with Gasteiger partial charge in [-0.25, -0.2) is 0 Å². The van der Waals surface area contributed by atoms with Crippen molar-refractivity contribution in [2.75, 3.05) is 12.4 Å². The van der Waals surface area contributed by atoms with Crippen molar-refractivity contribution in [3.63, 3.8) is 0 Å². The Hall–Kier alpha value is -2.26. The fourth-order valence-corrected chi connectivity index (χ4v) is 4.36. The number of benzene rings is 2. The Bertz CT molecular complexity index is 851. The van der Waals surface area contributed by atoms with Gasteiger partial charge in [-0.1, -0.05) is 35.9 Å². The Morgan fingerprint density at radius 2 is 1.81 bits per heavy atom. The number of rotatable bonds is 3. The van der Waals surface area contributed by atoms with E-state index < -0.39 is 0 Å². The largest absolute Gasteiger partial charge is 0.376 e. The first-order valence-corrected chi connectivity index (χ1v) is 10.0. The number of carbonyl (C=O) groups is 1. The number of nitrogens with zero attached hydrogens (tertiary/aromatic N) is 1. The van der Waals surface area contributed by atoms with Crippen LogP contribution < -0.4 is 5.32 Å². The molecule has 1 heterocycles. The number of amides is 1. The van der Waals surface area contributed by atoms with E-state index >= 15 is 0 Å². The van der Waals surface area contributed by atoms with Gasteiger partial charge < -0.3 is 10.2 Å². The van der Waals surface area contributed by atoms with Gasteiger partial charge in [0, 0.05) is 35.8 Å². The monoisotopic (exact) mass is 380 g/mol. The molecule has 2 aromatic rings. The lowest BCUT2D eigenvalue weighted by Crippen LogP contribution is -2.27. The first-order valence-electron chi connectivity index (χ1n) is 9.67. The van der Waals surface area contributed by atoms with Gasteiger partial charge in [0.15, 0.2) is 0 Å². The SMILES string of the molecule is CN1C=Cc2c(cccc2NC(=O)C2CCC(c3ccc(Cl)cc3)CC2)C1. The smallest absolute Gasteiger partial charge is 0.227 e. The van der Waals surface area contributed by atoms with Crippen molar-refractivity contribution in [1.82, 2.24) is 4.90 Å². The fraction of sp³-hybridized carbons (Fsp3) is 0.348. The molecular weight excluding hydrogens is 356 g/mol. The molecular formula is C23H25ClN2O. The standard InChI is InChI=1S/C23H25ClN2O/c1-26-14-13-21-19(15-26)3-2-4-22(21)25-23(27)18-7-5-16(6-8-18)17-9-11-20(24)12-10-17/h2-4,9-14,16,18H,5-8,15H2,1H3,(H,25,27). The van der Waals surface area contributed by atoms with Gasteiger partial charge in [0.2, 0.25) is 5.91 Å². The third-order valence-corrected chi connectivity index (χ3v) is 6.06. The van der Waals surface area contributed by atoms with E-state index in [2.05, 4.69) is 47.7 Å². The van der Waals surface area contributed by atoms with Crippen LogP contribution in [0.15, 0.2) is 48.7 Å². The van der Waals surface area contributed by atoms with Crippen LogP contribution in [0.25, 0.3) is 6.08 Å². The quantitative estimate of drug-likeness (QED) is 0.744. The first kappa shape index (κ1) is 18.1. The lowest BCUT2D eigenvalue weighted by Gasteiger charge is -2.29. The van der Waals surface area contributed by atoms with E-state index in [9.17, 15) is 4.79 Å². The number of anilines is 1. The van der Waals surface area contributed by atoms with Crippen LogP contribution in [0.3, 0.4) is 0 Å². The van der Waals surface area contributed by atoms with Crippen LogP contribution in [0, 0.1) is 5.92 Å². The van der Waals surface area contributed by atoms with Crippen molar-refractivity contribution in [3.05, 3.63) is 70.4 Å². The van der Waals surface area contributed by atoms with E-state index in [-0.39, 0.29) is 11.8 Å². The molecule has 4 rings (SSSR count). The summed E-state index contributed by atoms with van der Waals surface area (Å²) in [5.41, 5.74) is 4.66. The molecule has 0 bridgehead atoms. The summed E-state index contributed by atoms with van der Waals surface area (Å²) in [7, 11) is 2.06. The molecule has 0 saturated heterocycles. The first-order chi connectivity index (χ1) is 13.1. The normalized spacial score (nSPS) is 21.6. The van der Waals surface area contributed by atoms with Crippen LogP contribution in [0.2, 0.25) is 5.02 Å². The minimum Gasteiger partial charge on any atom is -0.376 e. The summed E-state index contributed by atoms with van der Waals surface area (Å²) < 4.78 is 0. The number of hydrogen-bond acceptors (Lipinski definition) is 2. The van der Waals surface area contributed by atoms with E-state index in [4.69, 9.17) is 11.6 Å². The number of halogens is 1. The molecule has 1 N–H and O–H groups in total. The second-order valence-electron chi connectivity index (χ2n) is 7.70. The Balaban J connectivity index is 1.39. The maximum Gasteiger partial charge on any atom is 0.227 e. The summed E-state index contributed by atoms with van der Waals surface area (Å²) in [4.78, 5) is 15.0. The predicted molar refractivity (Wildman–Crippen MR) is 112 cm³/mol. The highest BCUT2D eigenvalue weighted by Gasteiger charge is 2.27. The Morgan fingerprint density at radius 3 is 2.56 bits per heavy atom. The van der Waals surface area contributed by atoms with E-state index in [0.717, 1.165) is 48.5 Å². The van der Waals surface area contributed by atoms with Crippen molar-refractivity contribution in [2.24, 2.45) is 5.92 Å². The van der Waals surface area contributed by atoms with Gasteiger partial charge in [0.1, 0.15) is 0 Å². The van der Waals surface area contributed by atoms with Gasteiger partial charge in [-0.3, -0.25) is 4.79 Å². The van der Waals surface area contributed by atoms with Gasteiger partial charge in [0.25, 0.3) is 0 Å². The molecule has 1 aliphatic heterocycles. The molecule has 0 unspecified atom stereocenters. The van der Waals surface area contributed by atoms with Crippen LogP contribution in [-0.2, 0) is 11.3 Å². The maximum atomic E-state index is 12.8. The molecule has 140 valence electrons. The number of nitrogens with one attached hydrogen (secondary N) is 1. The second-order valence-corrected chi connectivity index (χ2v) is 8.14. The van der Waals surface area contributed by atoms with Crippen LogP contribution in [0.4, 0.5) is 5.69 Å². The molecule has 27 heavy (non-hydrogen) atoms. The topological polar surface area (TPSA) is 32.3 Å². The average Bonchev–Trinajstić information content (AvgIpc) is 2.68.